The summed E-state index contributed by atoms with van der Waals surface area (Å²) in [5.74, 6) is 0. The third-order valence-electron chi connectivity index (χ3n) is 7.02. The van der Waals surface area contributed by atoms with Crippen LogP contribution in [-0.4, -0.2) is 33.9 Å². The molecule has 0 atom stereocenters. The van der Waals surface area contributed by atoms with Crippen molar-refractivity contribution in [2.24, 2.45) is 0 Å². The van der Waals surface area contributed by atoms with Crippen molar-refractivity contribution in [3.63, 3.8) is 0 Å². The number of benzene rings is 4. The minimum absolute atomic E-state index is 0.00227. The first-order valence-electron chi connectivity index (χ1n) is 13.2. The normalized spacial score (nSPS) is 12.6. The highest BCUT2D eigenvalue weighted by Crippen LogP contribution is 2.31. The zero-order valence-electron chi connectivity index (χ0n) is 23.7. The second kappa shape index (κ2) is 12.0. The molecule has 0 saturated heterocycles. The number of nitrogens with zero attached hydrogens (tertiary/aromatic N) is 1. The van der Waals surface area contributed by atoms with Crippen molar-refractivity contribution >= 4 is 19.9 Å². The number of sulfonamides is 1. The van der Waals surface area contributed by atoms with Crippen LogP contribution in [0.15, 0.2) is 94.7 Å². The van der Waals surface area contributed by atoms with E-state index in [1.54, 1.807) is 74.5 Å². The van der Waals surface area contributed by atoms with Crippen molar-refractivity contribution in [1.29, 1.82) is 0 Å². The molecule has 222 valence electrons. The molecule has 10 heteroatoms. The van der Waals surface area contributed by atoms with Crippen LogP contribution in [-0.2, 0) is 39.0 Å². The van der Waals surface area contributed by atoms with E-state index in [9.17, 15) is 30.0 Å². The molecule has 0 bridgehead atoms. The molecule has 0 heterocycles. The predicted molar refractivity (Wildman–Crippen MR) is 158 cm³/mol. The third kappa shape index (κ3) is 7.29. The lowest BCUT2D eigenvalue weighted by Crippen LogP contribution is -2.33. The van der Waals surface area contributed by atoms with Gasteiger partial charge in [0.05, 0.1) is 15.4 Å². The smallest absolute Gasteiger partial charge is 0.224 e. The van der Waals surface area contributed by atoms with Gasteiger partial charge >= 0.3 is 6.18 Å². The van der Waals surface area contributed by atoms with Crippen molar-refractivity contribution in [3.05, 3.63) is 118 Å². The van der Waals surface area contributed by atoms with Crippen LogP contribution in [0, 0.1) is 20.8 Å². The Morgan fingerprint density at radius 3 is 1.93 bits per heavy atom. The highest BCUT2D eigenvalue weighted by atomic mass is 32.2. The van der Waals surface area contributed by atoms with E-state index in [0.717, 1.165) is 29.5 Å². The number of alkyl halides is 3. The third-order valence-corrected chi connectivity index (χ3v) is 10.3. The second-order valence-electron chi connectivity index (χ2n) is 10.5. The lowest BCUT2D eigenvalue weighted by Gasteiger charge is -2.25. The van der Waals surface area contributed by atoms with E-state index in [1.807, 2.05) is 6.92 Å². The Bertz CT molecular complexity index is 1790. The quantitative estimate of drug-likeness (QED) is 0.201. The molecular weight excluding hydrogens is 583 g/mol. The van der Waals surface area contributed by atoms with Crippen molar-refractivity contribution in [1.82, 2.24) is 4.31 Å². The summed E-state index contributed by atoms with van der Waals surface area (Å²) in [7, 11) is -7.41. The standard InChI is InChI=1S/C32H32F3NO4S2/c1-22-17-23(2)31(24(3)18-22)42(39,40)36(16-15-25-7-5-9-29(19-25)32(33,34)35)21-26-11-13-27(14-12-26)28-8-6-10-30(20-28)41(4,37)38/h5-14,17-20H,15-16,21H2,1-4H3. The lowest BCUT2D eigenvalue weighted by molar-refractivity contribution is -0.137. The Balaban J connectivity index is 1.67. The molecule has 0 aliphatic rings. The topological polar surface area (TPSA) is 71.5 Å². The number of hydrogen-bond donors (Lipinski definition) is 0. The summed E-state index contributed by atoms with van der Waals surface area (Å²) in [6.07, 6.45) is -3.27. The summed E-state index contributed by atoms with van der Waals surface area (Å²) < 4.78 is 93.2. The van der Waals surface area contributed by atoms with Crippen LogP contribution in [0.4, 0.5) is 13.2 Å². The Kier molecular flexibility index (Phi) is 9.01. The van der Waals surface area contributed by atoms with E-state index in [2.05, 4.69) is 0 Å². The van der Waals surface area contributed by atoms with E-state index in [0.29, 0.717) is 27.8 Å². The minimum atomic E-state index is -4.50. The Hall–Kier alpha value is -3.47. The fraction of sp³-hybridized carbons (Fsp3) is 0.250. The van der Waals surface area contributed by atoms with Gasteiger partial charge < -0.3 is 0 Å². The molecule has 4 rings (SSSR count). The molecular formula is C32H32F3NO4S2. The zero-order chi connectivity index (χ0) is 30.9. The van der Waals surface area contributed by atoms with Gasteiger partial charge in [0.15, 0.2) is 9.84 Å². The Morgan fingerprint density at radius 1 is 0.714 bits per heavy atom. The molecule has 0 radical (unpaired) electrons. The largest absolute Gasteiger partial charge is 0.416 e. The van der Waals surface area contributed by atoms with E-state index in [1.165, 1.54) is 16.4 Å². The Morgan fingerprint density at radius 2 is 1.33 bits per heavy atom. The number of halogens is 3. The summed E-state index contributed by atoms with van der Waals surface area (Å²) in [5.41, 5.74) is 3.84. The van der Waals surface area contributed by atoms with Crippen LogP contribution < -0.4 is 0 Å². The zero-order valence-corrected chi connectivity index (χ0v) is 25.4. The summed E-state index contributed by atoms with van der Waals surface area (Å²) in [5, 5.41) is 0. The average Bonchev–Trinajstić information content (AvgIpc) is 2.90. The molecule has 0 spiro atoms. The van der Waals surface area contributed by atoms with Gasteiger partial charge in [-0.2, -0.15) is 17.5 Å². The number of aryl methyl sites for hydroxylation is 3. The monoisotopic (exact) mass is 615 g/mol. The fourth-order valence-electron chi connectivity index (χ4n) is 5.06. The number of rotatable bonds is 9. The minimum Gasteiger partial charge on any atom is -0.224 e. The number of sulfone groups is 1. The highest BCUT2D eigenvalue weighted by molar-refractivity contribution is 7.90. The molecule has 5 nitrogen and oxygen atoms in total. The molecule has 0 N–H and O–H groups in total. The van der Waals surface area contributed by atoms with Gasteiger partial charge in [-0.05, 0) is 78.8 Å². The summed E-state index contributed by atoms with van der Waals surface area (Å²) >= 11 is 0. The van der Waals surface area contributed by atoms with Crippen LogP contribution in [0.25, 0.3) is 11.1 Å². The molecule has 0 amide bonds. The first kappa shape index (κ1) is 31.5. The van der Waals surface area contributed by atoms with Crippen molar-refractivity contribution in [2.75, 3.05) is 12.8 Å². The van der Waals surface area contributed by atoms with Crippen molar-refractivity contribution < 1.29 is 30.0 Å². The summed E-state index contributed by atoms with van der Waals surface area (Å²) in [6, 6.07) is 22.2. The van der Waals surface area contributed by atoms with Gasteiger partial charge in [0.1, 0.15) is 0 Å². The van der Waals surface area contributed by atoms with Gasteiger partial charge in [-0.25, -0.2) is 16.8 Å². The van der Waals surface area contributed by atoms with Crippen molar-refractivity contribution in [3.8, 4) is 11.1 Å². The first-order chi connectivity index (χ1) is 19.6. The van der Waals surface area contributed by atoms with Gasteiger partial charge in [-0.3, -0.25) is 0 Å². The molecule has 4 aromatic rings. The van der Waals surface area contributed by atoms with Gasteiger partial charge in [-0.1, -0.05) is 72.3 Å². The maximum Gasteiger partial charge on any atom is 0.416 e. The van der Waals surface area contributed by atoms with Crippen LogP contribution in [0.3, 0.4) is 0 Å². The van der Waals surface area contributed by atoms with E-state index in [-0.39, 0.29) is 29.3 Å². The molecule has 0 saturated carbocycles. The average molecular weight is 616 g/mol. The maximum absolute atomic E-state index is 14.0. The van der Waals surface area contributed by atoms with Gasteiger partial charge in [0.25, 0.3) is 0 Å². The van der Waals surface area contributed by atoms with Crippen LogP contribution >= 0.6 is 0 Å². The predicted octanol–water partition coefficient (Wildman–Crippen LogP) is 7.13. The molecule has 0 aliphatic carbocycles. The molecule has 0 unspecified atom stereocenters. The fourth-order valence-corrected chi connectivity index (χ4v) is 7.56. The molecule has 0 aliphatic heterocycles. The SMILES string of the molecule is Cc1cc(C)c(S(=O)(=O)N(CCc2cccc(C(F)(F)F)c2)Cc2ccc(-c3cccc(S(C)(=O)=O)c3)cc2)c(C)c1. The second-order valence-corrected chi connectivity index (χ2v) is 14.4. The van der Waals surface area contributed by atoms with E-state index in [4.69, 9.17) is 0 Å². The molecule has 0 aromatic heterocycles. The van der Waals surface area contributed by atoms with Gasteiger partial charge in [-0.15, -0.1) is 0 Å². The molecule has 42 heavy (non-hydrogen) atoms. The molecule has 0 fully saturated rings. The maximum atomic E-state index is 14.0. The van der Waals surface area contributed by atoms with Gasteiger partial charge in [0, 0.05) is 19.3 Å². The summed E-state index contributed by atoms with van der Waals surface area (Å²) in [4.78, 5) is 0.381. The summed E-state index contributed by atoms with van der Waals surface area (Å²) in [6.45, 7) is 5.32. The lowest BCUT2D eigenvalue weighted by atomic mass is 10.0. The number of hydrogen-bond acceptors (Lipinski definition) is 4. The van der Waals surface area contributed by atoms with E-state index >= 15 is 0 Å². The van der Waals surface area contributed by atoms with Crippen LogP contribution in [0.1, 0.15) is 33.4 Å². The first-order valence-corrected chi connectivity index (χ1v) is 16.5. The van der Waals surface area contributed by atoms with Crippen LogP contribution in [0.5, 0.6) is 0 Å². The molecule has 4 aromatic carbocycles. The van der Waals surface area contributed by atoms with Gasteiger partial charge in [0.2, 0.25) is 10.0 Å². The van der Waals surface area contributed by atoms with E-state index < -0.39 is 31.6 Å². The van der Waals surface area contributed by atoms with Crippen LogP contribution in [0.2, 0.25) is 0 Å². The van der Waals surface area contributed by atoms with Crippen molar-refractivity contribution in [2.45, 2.75) is 49.7 Å². The Labute approximate surface area is 245 Å². The highest BCUT2D eigenvalue weighted by Gasteiger charge is 2.31.